The molecule has 0 aromatic carbocycles. The van der Waals surface area contributed by atoms with E-state index in [0.717, 1.165) is 6.42 Å². The maximum absolute atomic E-state index is 8.46. The molecule has 0 aliphatic carbocycles. The van der Waals surface area contributed by atoms with Gasteiger partial charge in [0.15, 0.2) is 0 Å². The van der Waals surface area contributed by atoms with Crippen LogP contribution in [0.25, 0.3) is 0 Å². The number of hydrogen-bond acceptors (Lipinski definition) is 1. The average Bonchev–Trinajstić information content (AvgIpc) is 1.97. The third-order valence-corrected chi connectivity index (χ3v) is 1.61. The molecule has 0 aromatic rings. The van der Waals surface area contributed by atoms with Crippen molar-refractivity contribution in [3.63, 3.8) is 0 Å². The molecule has 0 saturated heterocycles. The van der Waals surface area contributed by atoms with Crippen LogP contribution < -0.4 is 0 Å². The third-order valence-electron chi connectivity index (χ3n) is 1.61. The Hall–Kier alpha value is -0.0400. The van der Waals surface area contributed by atoms with Crippen molar-refractivity contribution in [2.24, 2.45) is 0 Å². The van der Waals surface area contributed by atoms with E-state index >= 15 is 0 Å². The van der Waals surface area contributed by atoms with Gasteiger partial charge >= 0.3 is 0 Å². The first-order valence-electron chi connectivity index (χ1n) is 4.34. The summed E-state index contributed by atoms with van der Waals surface area (Å²) in [6.45, 7) is 2.53. The molecule has 0 atom stereocenters. The van der Waals surface area contributed by atoms with Crippen molar-refractivity contribution in [3.05, 3.63) is 6.42 Å². The van der Waals surface area contributed by atoms with Crippen molar-refractivity contribution in [1.82, 2.24) is 0 Å². The van der Waals surface area contributed by atoms with Gasteiger partial charge in [-0.1, -0.05) is 39.0 Å². The molecule has 0 unspecified atom stereocenters. The van der Waals surface area contributed by atoms with E-state index in [1.165, 1.54) is 32.1 Å². The van der Waals surface area contributed by atoms with Crippen LogP contribution >= 0.6 is 0 Å². The van der Waals surface area contributed by atoms with E-state index in [4.69, 9.17) is 5.11 Å². The molecule has 1 radical (unpaired) electrons. The molecule has 1 N–H and O–H groups in total. The molecule has 0 saturated carbocycles. The van der Waals surface area contributed by atoms with E-state index in [2.05, 4.69) is 13.3 Å². The minimum atomic E-state index is 0.359. The first kappa shape index (κ1) is 9.96. The SMILES string of the molecule is CC[CH]CCCCCCO. The number of aliphatic hydroxyl groups excluding tert-OH is 1. The fourth-order valence-corrected chi connectivity index (χ4v) is 0.958. The summed E-state index contributed by atoms with van der Waals surface area (Å²) in [7, 11) is 0. The van der Waals surface area contributed by atoms with Crippen LogP contribution in [-0.4, -0.2) is 11.7 Å². The van der Waals surface area contributed by atoms with Crippen LogP contribution in [0.4, 0.5) is 0 Å². The third kappa shape index (κ3) is 7.96. The standard InChI is InChI=1S/C9H19O/c1-2-3-4-5-6-7-8-9-10/h3,10H,2,4-9H2,1H3. The monoisotopic (exact) mass is 143 g/mol. The zero-order valence-corrected chi connectivity index (χ0v) is 6.97. The van der Waals surface area contributed by atoms with Crippen molar-refractivity contribution >= 4 is 0 Å². The first-order chi connectivity index (χ1) is 4.91. The Morgan fingerprint density at radius 3 is 2.40 bits per heavy atom. The van der Waals surface area contributed by atoms with Crippen LogP contribution in [0.2, 0.25) is 0 Å². The lowest BCUT2D eigenvalue weighted by Crippen LogP contribution is -1.83. The molecule has 0 rings (SSSR count). The molecule has 0 fully saturated rings. The highest BCUT2D eigenvalue weighted by Crippen LogP contribution is 2.05. The zero-order valence-electron chi connectivity index (χ0n) is 6.97. The van der Waals surface area contributed by atoms with Gasteiger partial charge in [0.2, 0.25) is 0 Å². The van der Waals surface area contributed by atoms with Gasteiger partial charge in [-0.05, 0) is 12.8 Å². The molecule has 0 bridgehead atoms. The van der Waals surface area contributed by atoms with E-state index in [1.54, 1.807) is 0 Å². The quantitative estimate of drug-likeness (QED) is 0.543. The highest BCUT2D eigenvalue weighted by atomic mass is 16.2. The second-order valence-corrected chi connectivity index (χ2v) is 2.62. The molecule has 0 amide bonds. The van der Waals surface area contributed by atoms with E-state index < -0.39 is 0 Å². The van der Waals surface area contributed by atoms with Gasteiger partial charge in [-0.3, -0.25) is 0 Å². The Labute approximate surface area is 64.5 Å². The average molecular weight is 143 g/mol. The van der Waals surface area contributed by atoms with E-state index in [-0.39, 0.29) is 0 Å². The summed E-state index contributed by atoms with van der Waals surface area (Å²) in [4.78, 5) is 0. The van der Waals surface area contributed by atoms with Gasteiger partial charge in [-0.2, -0.15) is 0 Å². The van der Waals surface area contributed by atoms with Crippen molar-refractivity contribution in [3.8, 4) is 0 Å². The van der Waals surface area contributed by atoms with Gasteiger partial charge in [0, 0.05) is 6.61 Å². The number of unbranched alkanes of at least 4 members (excludes halogenated alkanes) is 6. The van der Waals surface area contributed by atoms with Crippen LogP contribution in [0.3, 0.4) is 0 Å². The first-order valence-corrected chi connectivity index (χ1v) is 4.34. The zero-order chi connectivity index (χ0) is 7.66. The van der Waals surface area contributed by atoms with E-state index in [9.17, 15) is 0 Å². The summed E-state index contributed by atoms with van der Waals surface area (Å²) in [6.07, 6.45) is 9.51. The lowest BCUT2D eigenvalue weighted by Gasteiger charge is -1.97. The van der Waals surface area contributed by atoms with Gasteiger partial charge < -0.3 is 5.11 Å². The number of hydrogen-bond donors (Lipinski definition) is 1. The molecule has 1 nitrogen and oxygen atoms in total. The van der Waals surface area contributed by atoms with Crippen molar-refractivity contribution in [2.75, 3.05) is 6.61 Å². The smallest absolute Gasteiger partial charge is 0.0431 e. The van der Waals surface area contributed by atoms with Crippen LogP contribution in [-0.2, 0) is 0 Å². The van der Waals surface area contributed by atoms with Crippen molar-refractivity contribution in [2.45, 2.75) is 45.4 Å². The molecule has 0 heterocycles. The van der Waals surface area contributed by atoms with Gasteiger partial charge in [0.05, 0.1) is 0 Å². The molecular formula is C9H19O. The maximum atomic E-state index is 8.46. The molecule has 0 aromatic heterocycles. The highest BCUT2D eigenvalue weighted by molar-refractivity contribution is 4.60. The van der Waals surface area contributed by atoms with Gasteiger partial charge in [-0.25, -0.2) is 0 Å². The Morgan fingerprint density at radius 1 is 1.10 bits per heavy atom. The van der Waals surface area contributed by atoms with Crippen LogP contribution in [0.15, 0.2) is 0 Å². The number of aliphatic hydroxyl groups is 1. The second-order valence-electron chi connectivity index (χ2n) is 2.62. The molecule has 61 valence electrons. The maximum Gasteiger partial charge on any atom is 0.0431 e. The summed E-state index contributed by atoms with van der Waals surface area (Å²) in [5, 5.41) is 8.46. The summed E-state index contributed by atoms with van der Waals surface area (Å²) >= 11 is 0. The van der Waals surface area contributed by atoms with Crippen LogP contribution in [0.5, 0.6) is 0 Å². The lowest BCUT2D eigenvalue weighted by atomic mass is 10.1. The van der Waals surface area contributed by atoms with Gasteiger partial charge in [-0.15, -0.1) is 0 Å². The van der Waals surface area contributed by atoms with Crippen LogP contribution in [0.1, 0.15) is 45.4 Å². The topological polar surface area (TPSA) is 20.2 Å². The van der Waals surface area contributed by atoms with Crippen molar-refractivity contribution in [1.29, 1.82) is 0 Å². The van der Waals surface area contributed by atoms with Gasteiger partial charge in [0.1, 0.15) is 0 Å². The predicted molar refractivity (Wildman–Crippen MR) is 44.8 cm³/mol. The Bertz CT molecular complexity index is 44.7. The van der Waals surface area contributed by atoms with Crippen molar-refractivity contribution < 1.29 is 5.11 Å². The normalized spacial score (nSPS) is 10.2. The summed E-state index contributed by atoms with van der Waals surface area (Å²) in [6, 6.07) is 0. The predicted octanol–water partition coefficient (Wildman–Crippen LogP) is 2.54. The summed E-state index contributed by atoms with van der Waals surface area (Å²) in [5.41, 5.74) is 0. The Morgan fingerprint density at radius 2 is 1.80 bits per heavy atom. The fourth-order valence-electron chi connectivity index (χ4n) is 0.958. The molecule has 0 aliphatic heterocycles. The molecular weight excluding hydrogens is 124 g/mol. The molecule has 1 heteroatoms. The Kier molecular flexibility index (Phi) is 8.92. The van der Waals surface area contributed by atoms with E-state index in [1.807, 2.05) is 0 Å². The minimum absolute atomic E-state index is 0.359. The lowest BCUT2D eigenvalue weighted by molar-refractivity contribution is 0.282. The molecule has 0 spiro atoms. The highest BCUT2D eigenvalue weighted by Gasteiger charge is 1.88. The minimum Gasteiger partial charge on any atom is -0.396 e. The number of rotatable bonds is 7. The van der Waals surface area contributed by atoms with Crippen LogP contribution in [0, 0.1) is 6.42 Å². The largest absolute Gasteiger partial charge is 0.396 e. The summed E-state index contributed by atoms with van der Waals surface area (Å²) < 4.78 is 0. The Balaban J connectivity index is 2.65. The fraction of sp³-hybridized carbons (Fsp3) is 0.889. The van der Waals surface area contributed by atoms with E-state index in [0.29, 0.717) is 6.61 Å². The molecule has 0 aliphatic rings. The summed E-state index contributed by atoms with van der Waals surface area (Å²) in [5.74, 6) is 0. The van der Waals surface area contributed by atoms with Gasteiger partial charge in [0.25, 0.3) is 0 Å². The second kappa shape index (κ2) is 8.96. The molecule has 10 heavy (non-hydrogen) atoms.